The first-order valence-corrected chi connectivity index (χ1v) is 8.78. The number of hydrogen-bond acceptors (Lipinski definition) is 5. The summed E-state index contributed by atoms with van der Waals surface area (Å²) in [7, 11) is 1.57. The highest BCUT2D eigenvalue weighted by molar-refractivity contribution is 5.94. The van der Waals surface area contributed by atoms with E-state index in [1.807, 2.05) is 42.5 Å². The van der Waals surface area contributed by atoms with Gasteiger partial charge in [0.15, 0.2) is 0 Å². The van der Waals surface area contributed by atoms with E-state index in [0.29, 0.717) is 34.3 Å². The van der Waals surface area contributed by atoms with E-state index in [1.54, 1.807) is 26.2 Å². The van der Waals surface area contributed by atoms with Crippen LogP contribution in [0.3, 0.4) is 0 Å². The van der Waals surface area contributed by atoms with Crippen molar-refractivity contribution in [3.05, 3.63) is 66.1 Å². The quantitative estimate of drug-likeness (QED) is 0.658. The minimum atomic E-state index is -0.314. The Morgan fingerprint density at radius 2 is 1.75 bits per heavy atom. The van der Waals surface area contributed by atoms with Crippen molar-refractivity contribution in [2.45, 2.75) is 13.3 Å². The average Bonchev–Trinajstić information content (AvgIpc) is 3.07. The number of methoxy groups -OCH3 is 1. The first-order chi connectivity index (χ1) is 13.6. The summed E-state index contributed by atoms with van der Waals surface area (Å²) in [6.45, 7) is 1.63. The Bertz CT molecular complexity index is 967. The molecule has 2 amide bonds. The number of rotatable bonds is 7. The van der Waals surface area contributed by atoms with Crippen LogP contribution in [0, 0.1) is 6.92 Å². The van der Waals surface area contributed by atoms with Gasteiger partial charge >= 0.3 is 0 Å². The van der Waals surface area contributed by atoms with E-state index in [1.165, 1.54) is 0 Å². The fourth-order valence-corrected chi connectivity index (χ4v) is 2.65. The maximum atomic E-state index is 12.2. The summed E-state index contributed by atoms with van der Waals surface area (Å²) in [4.78, 5) is 28.5. The molecule has 0 saturated carbocycles. The van der Waals surface area contributed by atoms with Crippen molar-refractivity contribution in [3.8, 4) is 17.2 Å². The number of nitrogens with one attached hydrogen (secondary N) is 2. The van der Waals surface area contributed by atoms with Crippen molar-refractivity contribution < 1.29 is 18.7 Å². The lowest BCUT2D eigenvalue weighted by Gasteiger charge is -2.06. The van der Waals surface area contributed by atoms with Gasteiger partial charge in [-0.25, -0.2) is 4.98 Å². The fraction of sp³-hybridized carbons (Fsp3) is 0.190. The van der Waals surface area contributed by atoms with Crippen LogP contribution in [-0.4, -0.2) is 30.5 Å². The van der Waals surface area contributed by atoms with Gasteiger partial charge in [0.2, 0.25) is 17.7 Å². The first-order valence-electron chi connectivity index (χ1n) is 8.78. The predicted octanol–water partition coefficient (Wildman–Crippen LogP) is 2.96. The van der Waals surface area contributed by atoms with Gasteiger partial charge in [0.25, 0.3) is 0 Å². The van der Waals surface area contributed by atoms with Crippen molar-refractivity contribution in [2.24, 2.45) is 0 Å². The minimum absolute atomic E-state index is 0.0170. The lowest BCUT2D eigenvalue weighted by molar-refractivity contribution is -0.123. The lowest BCUT2D eigenvalue weighted by Crippen LogP contribution is -2.33. The number of nitrogens with zero attached hydrogens (tertiary/aromatic N) is 1. The number of ether oxygens (including phenoxy) is 1. The summed E-state index contributed by atoms with van der Waals surface area (Å²) >= 11 is 0. The molecule has 144 valence electrons. The Morgan fingerprint density at radius 1 is 1.04 bits per heavy atom. The van der Waals surface area contributed by atoms with Crippen molar-refractivity contribution in [2.75, 3.05) is 19.0 Å². The molecule has 2 N–H and O–H groups in total. The SMILES string of the molecule is COc1ccccc1-c1nc(CC(=O)NCC(=O)Nc2ccccc2)c(C)o1. The fourth-order valence-electron chi connectivity index (χ4n) is 2.65. The predicted molar refractivity (Wildman–Crippen MR) is 105 cm³/mol. The van der Waals surface area contributed by atoms with Gasteiger partial charge in [0.1, 0.15) is 11.5 Å². The van der Waals surface area contributed by atoms with Crippen molar-refractivity contribution in [1.29, 1.82) is 0 Å². The molecule has 1 heterocycles. The number of hydrogen-bond donors (Lipinski definition) is 2. The van der Waals surface area contributed by atoms with Crippen LogP contribution < -0.4 is 15.4 Å². The molecule has 7 heteroatoms. The molecule has 3 rings (SSSR count). The van der Waals surface area contributed by atoms with E-state index in [2.05, 4.69) is 15.6 Å². The molecule has 7 nitrogen and oxygen atoms in total. The number of aryl methyl sites for hydroxylation is 1. The summed E-state index contributed by atoms with van der Waals surface area (Å²) in [6, 6.07) is 16.4. The van der Waals surface area contributed by atoms with Gasteiger partial charge in [-0.3, -0.25) is 9.59 Å². The van der Waals surface area contributed by atoms with E-state index in [0.717, 1.165) is 0 Å². The number of anilines is 1. The number of carbonyl (C=O) groups excluding carboxylic acids is 2. The largest absolute Gasteiger partial charge is 0.496 e. The van der Waals surface area contributed by atoms with E-state index in [-0.39, 0.29) is 24.8 Å². The Hall–Kier alpha value is -3.61. The highest BCUT2D eigenvalue weighted by Crippen LogP contribution is 2.30. The molecule has 0 spiro atoms. The molecular weight excluding hydrogens is 358 g/mol. The summed E-state index contributed by atoms with van der Waals surface area (Å²) in [5, 5.41) is 5.30. The minimum Gasteiger partial charge on any atom is -0.496 e. The third-order valence-corrected chi connectivity index (χ3v) is 4.06. The molecule has 2 aromatic carbocycles. The van der Waals surface area contributed by atoms with Crippen molar-refractivity contribution in [1.82, 2.24) is 10.3 Å². The van der Waals surface area contributed by atoms with Crippen LogP contribution in [0.4, 0.5) is 5.69 Å². The zero-order valence-electron chi connectivity index (χ0n) is 15.7. The second kappa shape index (κ2) is 8.85. The van der Waals surface area contributed by atoms with Gasteiger partial charge < -0.3 is 19.8 Å². The molecular formula is C21H21N3O4. The van der Waals surface area contributed by atoms with Crippen LogP contribution >= 0.6 is 0 Å². The van der Waals surface area contributed by atoms with Crippen LogP contribution in [-0.2, 0) is 16.0 Å². The molecule has 0 aliphatic heterocycles. The molecule has 0 radical (unpaired) electrons. The Labute approximate surface area is 162 Å². The first kappa shape index (κ1) is 19.2. The van der Waals surface area contributed by atoms with Gasteiger partial charge in [-0.1, -0.05) is 30.3 Å². The van der Waals surface area contributed by atoms with E-state index < -0.39 is 0 Å². The Balaban J connectivity index is 1.59. The molecule has 0 aliphatic rings. The van der Waals surface area contributed by atoms with Crippen molar-refractivity contribution >= 4 is 17.5 Å². The number of benzene rings is 2. The monoisotopic (exact) mass is 379 g/mol. The van der Waals surface area contributed by atoms with Gasteiger partial charge in [-0.15, -0.1) is 0 Å². The second-order valence-electron chi connectivity index (χ2n) is 6.09. The van der Waals surface area contributed by atoms with Gasteiger partial charge in [0.05, 0.1) is 31.3 Å². The van der Waals surface area contributed by atoms with Gasteiger partial charge in [-0.2, -0.15) is 0 Å². The summed E-state index contributed by atoms with van der Waals surface area (Å²) in [6.07, 6.45) is 0.0170. The molecule has 0 aliphatic carbocycles. The molecule has 3 aromatic rings. The second-order valence-corrected chi connectivity index (χ2v) is 6.09. The van der Waals surface area contributed by atoms with Crippen molar-refractivity contribution in [3.63, 3.8) is 0 Å². The van der Waals surface area contributed by atoms with Gasteiger partial charge in [0, 0.05) is 5.69 Å². The maximum Gasteiger partial charge on any atom is 0.243 e. The topological polar surface area (TPSA) is 93.5 Å². The van der Waals surface area contributed by atoms with Crippen LogP contribution in [0.15, 0.2) is 59.0 Å². The summed E-state index contributed by atoms with van der Waals surface area (Å²) in [5.41, 5.74) is 1.90. The highest BCUT2D eigenvalue weighted by Gasteiger charge is 2.17. The molecule has 0 atom stereocenters. The zero-order chi connectivity index (χ0) is 19.9. The molecule has 0 bridgehead atoms. The van der Waals surface area contributed by atoms with Crippen LogP contribution in [0.2, 0.25) is 0 Å². The smallest absolute Gasteiger partial charge is 0.243 e. The van der Waals surface area contributed by atoms with Crippen LogP contribution in [0.1, 0.15) is 11.5 Å². The number of carbonyl (C=O) groups is 2. The number of amides is 2. The third-order valence-electron chi connectivity index (χ3n) is 4.06. The molecule has 1 aromatic heterocycles. The molecule has 0 unspecified atom stereocenters. The van der Waals surface area contributed by atoms with E-state index in [4.69, 9.17) is 9.15 Å². The van der Waals surface area contributed by atoms with E-state index in [9.17, 15) is 9.59 Å². The normalized spacial score (nSPS) is 10.4. The zero-order valence-corrected chi connectivity index (χ0v) is 15.7. The molecule has 0 saturated heterocycles. The van der Waals surface area contributed by atoms with Crippen LogP contribution in [0.25, 0.3) is 11.5 Å². The molecule has 0 fully saturated rings. The molecule has 28 heavy (non-hydrogen) atoms. The highest BCUT2D eigenvalue weighted by atomic mass is 16.5. The Morgan fingerprint density at radius 3 is 2.50 bits per heavy atom. The lowest BCUT2D eigenvalue weighted by atomic mass is 10.2. The number of para-hydroxylation sites is 2. The summed E-state index contributed by atoms with van der Waals surface area (Å²) < 4.78 is 11.0. The number of aromatic nitrogens is 1. The average molecular weight is 379 g/mol. The number of oxazole rings is 1. The van der Waals surface area contributed by atoms with E-state index >= 15 is 0 Å². The Kier molecular flexibility index (Phi) is 6.06. The third kappa shape index (κ3) is 4.76. The van der Waals surface area contributed by atoms with Crippen LogP contribution in [0.5, 0.6) is 5.75 Å². The summed E-state index contributed by atoms with van der Waals surface area (Å²) in [5.74, 6) is 0.957. The maximum absolute atomic E-state index is 12.2. The van der Waals surface area contributed by atoms with Gasteiger partial charge in [-0.05, 0) is 31.2 Å². The standard InChI is InChI=1S/C21H21N3O4/c1-14-17(24-21(28-14)16-10-6-7-11-18(16)27-2)12-19(25)22-13-20(26)23-15-8-4-3-5-9-15/h3-11H,12-13H2,1-2H3,(H,22,25)(H,23,26).